The van der Waals surface area contributed by atoms with Crippen LogP contribution < -0.4 is 5.32 Å². The molecule has 1 N–H and O–H groups in total. The number of rotatable bonds is 5. The first-order valence-electron chi connectivity index (χ1n) is 7.68. The second-order valence-corrected chi connectivity index (χ2v) is 5.69. The van der Waals surface area contributed by atoms with Crippen molar-refractivity contribution in [3.63, 3.8) is 0 Å². The van der Waals surface area contributed by atoms with Gasteiger partial charge < -0.3 is 15.1 Å². The van der Waals surface area contributed by atoms with Gasteiger partial charge in [0.2, 0.25) is 0 Å². The average Bonchev–Trinajstić information content (AvgIpc) is 2.76. The number of aromatic nitrogens is 2. The Morgan fingerprint density at radius 3 is 2.48 bits per heavy atom. The molecule has 0 aromatic carbocycles. The van der Waals surface area contributed by atoms with E-state index in [-0.39, 0.29) is 5.91 Å². The number of carbonyl (C=O) groups is 1. The van der Waals surface area contributed by atoms with E-state index >= 15 is 0 Å². The molecule has 1 aliphatic heterocycles. The lowest BCUT2D eigenvalue weighted by Crippen LogP contribution is -2.30. The predicted octanol–water partition coefficient (Wildman–Crippen LogP) is 1.47. The van der Waals surface area contributed by atoms with Gasteiger partial charge in [0, 0.05) is 27.2 Å². The minimum atomic E-state index is -0.126. The third-order valence-electron chi connectivity index (χ3n) is 3.72. The zero-order chi connectivity index (χ0) is 15.1. The largest absolute Gasteiger partial charge is 0.367 e. The fraction of sp³-hybridized carbons (Fsp3) is 0.667. The Hall–Kier alpha value is -1.69. The van der Waals surface area contributed by atoms with E-state index in [1.165, 1.54) is 43.7 Å². The summed E-state index contributed by atoms with van der Waals surface area (Å²) in [5.74, 6) is 0.596. The first kappa shape index (κ1) is 15.7. The molecule has 1 amide bonds. The second-order valence-electron chi connectivity index (χ2n) is 5.69. The van der Waals surface area contributed by atoms with Gasteiger partial charge in [-0.3, -0.25) is 4.79 Å². The van der Waals surface area contributed by atoms with E-state index in [0.717, 1.165) is 18.9 Å². The van der Waals surface area contributed by atoms with Crippen LogP contribution in [0, 0.1) is 0 Å². The molecule has 0 saturated carbocycles. The monoisotopic (exact) mass is 291 g/mol. The third kappa shape index (κ3) is 4.97. The molecule has 0 unspecified atom stereocenters. The van der Waals surface area contributed by atoms with Gasteiger partial charge >= 0.3 is 0 Å². The van der Waals surface area contributed by atoms with Crippen LogP contribution in [0.15, 0.2) is 12.1 Å². The van der Waals surface area contributed by atoms with Crippen LogP contribution in [0.3, 0.4) is 0 Å². The average molecular weight is 291 g/mol. The van der Waals surface area contributed by atoms with Gasteiger partial charge in [-0.15, -0.1) is 10.2 Å². The van der Waals surface area contributed by atoms with Crippen molar-refractivity contribution < 1.29 is 4.79 Å². The van der Waals surface area contributed by atoms with Crippen LogP contribution in [0.25, 0.3) is 0 Å². The smallest absolute Gasteiger partial charge is 0.273 e. The van der Waals surface area contributed by atoms with Crippen molar-refractivity contribution in [3.05, 3.63) is 17.8 Å². The van der Waals surface area contributed by atoms with Gasteiger partial charge in [0.15, 0.2) is 5.69 Å². The Kier molecular flexibility index (Phi) is 5.92. The summed E-state index contributed by atoms with van der Waals surface area (Å²) in [4.78, 5) is 15.7. The second kappa shape index (κ2) is 7.93. The summed E-state index contributed by atoms with van der Waals surface area (Å²) >= 11 is 0. The van der Waals surface area contributed by atoms with Gasteiger partial charge in [-0.25, -0.2) is 0 Å². The maximum atomic E-state index is 11.7. The molecule has 21 heavy (non-hydrogen) atoms. The van der Waals surface area contributed by atoms with Crippen molar-refractivity contribution in [2.75, 3.05) is 45.6 Å². The Morgan fingerprint density at radius 1 is 1.19 bits per heavy atom. The number of amides is 1. The summed E-state index contributed by atoms with van der Waals surface area (Å²) in [6, 6.07) is 3.52. The lowest BCUT2D eigenvalue weighted by Gasteiger charge is -2.19. The minimum absolute atomic E-state index is 0.126. The maximum Gasteiger partial charge on any atom is 0.273 e. The molecule has 2 heterocycles. The van der Waals surface area contributed by atoms with Crippen LogP contribution in [0.1, 0.15) is 36.2 Å². The molecule has 0 aliphatic carbocycles. The molecular weight excluding hydrogens is 266 g/mol. The SMILES string of the molecule is CN(C)C(=O)c1ccc(NCCN2CCCCCC2)nn1. The highest BCUT2D eigenvalue weighted by Crippen LogP contribution is 2.09. The van der Waals surface area contributed by atoms with Crippen molar-refractivity contribution in [2.24, 2.45) is 0 Å². The van der Waals surface area contributed by atoms with Crippen LogP contribution in [-0.2, 0) is 0 Å². The number of hydrogen-bond acceptors (Lipinski definition) is 5. The van der Waals surface area contributed by atoms with E-state index in [9.17, 15) is 4.79 Å². The molecule has 1 saturated heterocycles. The molecule has 1 aromatic rings. The van der Waals surface area contributed by atoms with Crippen molar-refractivity contribution in [3.8, 4) is 0 Å². The molecule has 0 bridgehead atoms. The zero-order valence-corrected chi connectivity index (χ0v) is 13.0. The predicted molar refractivity (Wildman–Crippen MR) is 83.4 cm³/mol. The van der Waals surface area contributed by atoms with Crippen molar-refractivity contribution >= 4 is 11.7 Å². The molecule has 1 aromatic heterocycles. The molecule has 1 aliphatic rings. The highest BCUT2D eigenvalue weighted by atomic mass is 16.2. The molecule has 6 nitrogen and oxygen atoms in total. The summed E-state index contributed by atoms with van der Waals surface area (Å²) in [7, 11) is 3.41. The normalized spacial score (nSPS) is 16.3. The number of anilines is 1. The molecule has 0 spiro atoms. The lowest BCUT2D eigenvalue weighted by atomic mass is 10.2. The van der Waals surface area contributed by atoms with E-state index in [2.05, 4.69) is 20.4 Å². The van der Waals surface area contributed by atoms with E-state index in [1.807, 2.05) is 6.07 Å². The van der Waals surface area contributed by atoms with Crippen molar-refractivity contribution in [1.82, 2.24) is 20.0 Å². The third-order valence-corrected chi connectivity index (χ3v) is 3.72. The summed E-state index contributed by atoms with van der Waals surface area (Å²) in [6.07, 6.45) is 5.33. The molecular formula is C15H25N5O. The minimum Gasteiger partial charge on any atom is -0.367 e. The number of nitrogens with one attached hydrogen (secondary N) is 1. The number of nitrogens with zero attached hydrogens (tertiary/aromatic N) is 4. The van der Waals surface area contributed by atoms with Crippen molar-refractivity contribution in [1.29, 1.82) is 0 Å². The highest BCUT2D eigenvalue weighted by Gasteiger charge is 2.11. The Labute approximate surface area is 126 Å². The van der Waals surface area contributed by atoms with Gasteiger partial charge in [-0.05, 0) is 38.1 Å². The van der Waals surface area contributed by atoms with E-state index in [4.69, 9.17) is 0 Å². The first-order chi connectivity index (χ1) is 10.2. The van der Waals surface area contributed by atoms with Crippen LogP contribution in [0.5, 0.6) is 0 Å². The van der Waals surface area contributed by atoms with E-state index in [1.54, 1.807) is 20.2 Å². The summed E-state index contributed by atoms with van der Waals surface area (Å²) < 4.78 is 0. The fourth-order valence-electron chi connectivity index (χ4n) is 2.47. The maximum absolute atomic E-state index is 11.7. The van der Waals surface area contributed by atoms with Crippen LogP contribution in [-0.4, -0.2) is 66.2 Å². The standard InChI is InChI=1S/C15H25N5O/c1-19(2)15(21)13-7-8-14(18-17-13)16-9-12-20-10-5-3-4-6-11-20/h7-8H,3-6,9-12H2,1-2H3,(H,16,18). The first-order valence-corrected chi connectivity index (χ1v) is 7.68. The number of hydrogen-bond donors (Lipinski definition) is 1. The number of carbonyl (C=O) groups excluding carboxylic acids is 1. The molecule has 1 fully saturated rings. The topological polar surface area (TPSA) is 61.4 Å². The van der Waals surface area contributed by atoms with Crippen LogP contribution in [0.4, 0.5) is 5.82 Å². The molecule has 2 rings (SSSR count). The highest BCUT2D eigenvalue weighted by molar-refractivity contribution is 5.91. The fourth-order valence-corrected chi connectivity index (χ4v) is 2.47. The molecule has 116 valence electrons. The van der Waals surface area contributed by atoms with Crippen molar-refractivity contribution in [2.45, 2.75) is 25.7 Å². The summed E-state index contributed by atoms with van der Waals surface area (Å²) in [6.45, 7) is 4.28. The Balaban J connectivity index is 1.77. The lowest BCUT2D eigenvalue weighted by molar-refractivity contribution is 0.0821. The van der Waals surface area contributed by atoms with Gasteiger partial charge in [-0.2, -0.15) is 0 Å². The Morgan fingerprint density at radius 2 is 1.90 bits per heavy atom. The van der Waals surface area contributed by atoms with Gasteiger partial charge in [0.05, 0.1) is 0 Å². The van der Waals surface area contributed by atoms with E-state index in [0.29, 0.717) is 5.69 Å². The quantitative estimate of drug-likeness (QED) is 0.890. The van der Waals surface area contributed by atoms with Gasteiger partial charge in [-0.1, -0.05) is 12.8 Å². The summed E-state index contributed by atoms with van der Waals surface area (Å²) in [5, 5.41) is 11.3. The zero-order valence-electron chi connectivity index (χ0n) is 13.0. The van der Waals surface area contributed by atoms with Gasteiger partial charge in [0.25, 0.3) is 5.91 Å². The van der Waals surface area contributed by atoms with Crippen LogP contribution >= 0.6 is 0 Å². The molecule has 0 atom stereocenters. The summed E-state index contributed by atoms with van der Waals surface area (Å²) in [5.41, 5.74) is 0.373. The van der Waals surface area contributed by atoms with E-state index < -0.39 is 0 Å². The number of likely N-dealkylation sites (tertiary alicyclic amines) is 1. The molecule has 6 heteroatoms. The van der Waals surface area contributed by atoms with Crippen LogP contribution in [0.2, 0.25) is 0 Å². The Bertz CT molecular complexity index is 438. The van der Waals surface area contributed by atoms with Gasteiger partial charge in [0.1, 0.15) is 5.82 Å². The molecule has 0 radical (unpaired) electrons.